The molecule has 2 rings (SSSR count). The monoisotopic (exact) mass is 301 g/mol. The van der Waals surface area contributed by atoms with Gasteiger partial charge in [-0.05, 0) is 38.1 Å². The smallest absolute Gasteiger partial charge is 0.416 e. The molecule has 1 amide bonds. The molecule has 0 saturated carbocycles. The van der Waals surface area contributed by atoms with Crippen molar-refractivity contribution in [3.8, 4) is 0 Å². The summed E-state index contributed by atoms with van der Waals surface area (Å²) in [4.78, 5) is 11.9. The first kappa shape index (κ1) is 15.1. The molecule has 112 valence electrons. The van der Waals surface area contributed by atoms with E-state index in [-0.39, 0.29) is 5.56 Å². The SMILES string of the molecule is Cc1cc(C(=O)Nc2cc(C(F)(F)F)ccc2F)c(C)o1. The van der Waals surface area contributed by atoms with Gasteiger partial charge in [0.25, 0.3) is 5.91 Å². The molecule has 3 nitrogen and oxygen atoms in total. The number of rotatable bonds is 2. The minimum atomic E-state index is -4.62. The van der Waals surface area contributed by atoms with Crippen molar-refractivity contribution < 1.29 is 26.8 Å². The zero-order chi connectivity index (χ0) is 15.8. The number of furan rings is 1. The van der Waals surface area contributed by atoms with E-state index < -0.39 is 29.2 Å². The third-order valence-electron chi connectivity index (χ3n) is 2.83. The number of hydrogen-bond donors (Lipinski definition) is 1. The van der Waals surface area contributed by atoms with Crippen LogP contribution in [0.5, 0.6) is 0 Å². The topological polar surface area (TPSA) is 42.2 Å². The number of carbonyl (C=O) groups excluding carboxylic acids is 1. The first-order chi connectivity index (χ1) is 9.68. The number of carbonyl (C=O) groups is 1. The molecule has 0 bridgehead atoms. The van der Waals surface area contributed by atoms with E-state index in [0.717, 1.165) is 0 Å². The lowest BCUT2D eigenvalue weighted by Gasteiger charge is -2.10. The molecule has 1 N–H and O–H groups in total. The first-order valence-corrected chi connectivity index (χ1v) is 5.93. The summed E-state index contributed by atoms with van der Waals surface area (Å²) < 4.78 is 56.4. The molecule has 1 heterocycles. The fourth-order valence-electron chi connectivity index (χ4n) is 1.84. The first-order valence-electron chi connectivity index (χ1n) is 5.93. The summed E-state index contributed by atoms with van der Waals surface area (Å²) in [5.74, 6) is -0.906. The van der Waals surface area contributed by atoms with Crippen LogP contribution in [0, 0.1) is 19.7 Å². The number of amides is 1. The highest BCUT2D eigenvalue weighted by molar-refractivity contribution is 6.05. The van der Waals surface area contributed by atoms with Crippen LogP contribution in [0.2, 0.25) is 0 Å². The maximum absolute atomic E-state index is 13.5. The minimum absolute atomic E-state index is 0.143. The van der Waals surface area contributed by atoms with Gasteiger partial charge in [0.05, 0.1) is 16.8 Å². The fraction of sp³-hybridized carbons (Fsp3) is 0.214. The van der Waals surface area contributed by atoms with Crippen molar-refractivity contribution in [2.45, 2.75) is 20.0 Å². The summed E-state index contributed by atoms with van der Waals surface area (Å²) in [6, 6.07) is 3.25. The van der Waals surface area contributed by atoms with Gasteiger partial charge in [-0.1, -0.05) is 0 Å². The van der Waals surface area contributed by atoms with Crippen molar-refractivity contribution in [1.29, 1.82) is 0 Å². The van der Waals surface area contributed by atoms with Crippen molar-refractivity contribution in [3.63, 3.8) is 0 Å². The third-order valence-corrected chi connectivity index (χ3v) is 2.83. The number of alkyl halides is 3. The highest BCUT2D eigenvalue weighted by Gasteiger charge is 2.31. The lowest BCUT2D eigenvalue weighted by atomic mass is 10.1. The van der Waals surface area contributed by atoms with Crippen molar-refractivity contribution in [2.75, 3.05) is 5.32 Å². The average molecular weight is 301 g/mol. The molecular weight excluding hydrogens is 290 g/mol. The van der Waals surface area contributed by atoms with Gasteiger partial charge in [-0.15, -0.1) is 0 Å². The van der Waals surface area contributed by atoms with Crippen LogP contribution >= 0.6 is 0 Å². The van der Waals surface area contributed by atoms with Gasteiger partial charge < -0.3 is 9.73 Å². The van der Waals surface area contributed by atoms with E-state index in [9.17, 15) is 22.4 Å². The zero-order valence-corrected chi connectivity index (χ0v) is 11.1. The summed E-state index contributed by atoms with van der Waals surface area (Å²) in [5.41, 5.74) is -1.43. The van der Waals surface area contributed by atoms with Gasteiger partial charge in [0.15, 0.2) is 0 Å². The fourth-order valence-corrected chi connectivity index (χ4v) is 1.84. The molecule has 21 heavy (non-hydrogen) atoms. The molecule has 0 aliphatic heterocycles. The molecule has 0 aliphatic rings. The predicted octanol–water partition coefficient (Wildman–Crippen LogP) is 4.31. The number of aryl methyl sites for hydroxylation is 2. The van der Waals surface area contributed by atoms with Crippen molar-refractivity contribution in [2.24, 2.45) is 0 Å². The normalized spacial score (nSPS) is 11.5. The molecule has 0 saturated heterocycles. The molecule has 0 unspecified atom stereocenters. The molecule has 7 heteroatoms. The maximum Gasteiger partial charge on any atom is 0.416 e. The Morgan fingerprint density at radius 2 is 1.86 bits per heavy atom. The molecule has 0 spiro atoms. The van der Waals surface area contributed by atoms with Crippen LogP contribution in [0.3, 0.4) is 0 Å². The highest BCUT2D eigenvalue weighted by atomic mass is 19.4. The van der Waals surface area contributed by atoms with Gasteiger partial charge in [0, 0.05) is 0 Å². The van der Waals surface area contributed by atoms with Crippen LogP contribution in [0.1, 0.15) is 27.4 Å². The van der Waals surface area contributed by atoms with Gasteiger partial charge in [0.2, 0.25) is 0 Å². The van der Waals surface area contributed by atoms with Gasteiger partial charge in [-0.3, -0.25) is 4.79 Å². The van der Waals surface area contributed by atoms with Crippen LogP contribution in [0.25, 0.3) is 0 Å². The summed E-state index contributed by atoms with van der Waals surface area (Å²) >= 11 is 0. The van der Waals surface area contributed by atoms with Gasteiger partial charge in [0.1, 0.15) is 17.3 Å². The van der Waals surface area contributed by atoms with E-state index in [4.69, 9.17) is 4.42 Å². The van der Waals surface area contributed by atoms with Gasteiger partial charge in [-0.25, -0.2) is 4.39 Å². The van der Waals surface area contributed by atoms with Crippen LogP contribution in [-0.4, -0.2) is 5.91 Å². The summed E-state index contributed by atoms with van der Waals surface area (Å²) in [6.07, 6.45) is -4.62. The lowest BCUT2D eigenvalue weighted by Crippen LogP contribution is -2.14. The molecule has 2 aromatic rings. The molecule has 1 aromatic carbocycles. The Bertz CT molecular complexity index is 689. The molecule has 1 aromatic heterocycles. The number of halogens is 4. The standard InChI is InChI=1S/C14H11F4NO2/c1-7-5-10(8(2)21-7)13(20)19-12-6-9(14(16,17)18)3-4-11(12)15/h3-6H,1-2H3,(H,19,20). The maximum atomic E-state index is 13.5. The number of benzene rings is 1. The number of nitrogens with one attached hydrogen (secondary N) is 1. The zero-order valence-electron chi connectivity index (χ0n) is 11.1. The largest absolute Gasteiger partial charge is 0.466 e. The molecular formula is C14H11F4NO2. The second-order valence-corrected chi connectivity index (χ2v) is 4.47. The molecule has 0 aliphatic carbocycles. The Labute approximate surface area is 117 Å². The second kappa shape index (κ2) is 5.23. The van der Waals surface area contributed by atoms with E-state index in [2.05, 4.69) is 5.32 Å². The van der Waals surface area contributed by atoms with E-state index >= 15 is 0 Å². The Hall–Kier alpha value is -2.31. The van der Waals surface area contributed by atoms with Crippen molar-refractivity contribution in [1.82, 2.24) is 0 Å². The van der Waals surface area contributed by atoms with Crippen LogP contribution in [0.15, 0.2) is 28.7 Å². The Balaban J connectivity index is 2.31. The Kier molecular flexibility index (Phi) is 3.76. The van der Waals surface area contributed by atoms with Crippen LogP contribution in [-0.2, 0) is 6.18 Å². The lowest BCUT2D eigenvalue weighted by molar-refractivity contribution is -0.137. The third kappa shape index (κ3) is 3.24. The average Bonchev–Trinajstić information content (AvgIpc) is 2.70. The van der Waals surface area contributed by atoms with Crippen LogP contribution in [0.4, 0.5) is 23.2 Å². The summed E-state index contributed by atoms with van der Waals surface area (Å²) in [7, 11) is 0. The van der Waals surface area contributed by atoms with E-state index in [0.29, 0.717) is 29.7 Å². The van der Waals surface area contributed by atoms with E-state index in [1.165, 1.54) is 13.0 Å². The molecule has 0 atom stereocenters. The molecule has 0 fully saturated rings. The predicted molar refractivity (Wildman–Crippen MR) is 67.5 cm³/mol. The molecule has 0 radical (unpaired) electrons. The van der Waals surface area contributed by atoms with E-state index in [1.54, 1.807) is 6.92 Å². The van der Waals surface area contributed by atoms with Crippen LogP contribution < -0.4 is 5.32 Å². The Morgan fingerprint density at radius 1 is 1.19 bits per heavy atom. The van der Waals surface area contributed by atoms with Crippen molar-refractivity contribution in [3.05, 3.63) is 52.7 Å². The summed E-state index contributed by atoms with van der Waals surface area (Å²) in [5, 5.41) is 2.12. The second-order valence-electron chi connectivity index (χ2n) is 4.47. The Morgan fingerprint density at radius 3 is 2.38 bits per heavy atom. The minimum Gasteiger partial charge on any atom is -0.466 e. The van der Waals surface area contributed by atoms with Crippen molar-refractivity contribution >= 4 is 11.6 Å². The van der Waals surface area contributed by atoms with E-state index in [1.807, 2.05) is 0 Å². The quantitative estimate of drug-likeness (QED) is 0.840. The van der Waals surface area contributed by atoms with Gasteiger partial charge >= 0.3 is 6.18 Å². The number of hydrogen-bond acceptors (Lipinski definition) is 2. The highest BCUT2D eigenvalue weighted by Crippen LogP contribution is 2.32. The number of anilines is 1. The summed E-state index contributed by atoms with van der Waals surface area (Å²) in [6.45, 7) is 3.15. The van der Waals surface area contributed by atoms with Gasteiger partial charge in [-0.2, -0.15) is 13.2 Å².